The average Bonchev–Trinajstić information content (AvgIpc) is 2.27. The Labute approximate surface area is 91.0 Å². The van der Waals surface area contributed by atoms with Gasteiger partial charge < -0.3 is 21.2 Å². The third-order valence-electron chi connectivity index (χ3n) is 1.92. The number of hydrogen-bond acceptors (Lipinski definition) is 4. The Morgan fingerprint density at radius 2 is 2.31 bits per heavy atom. The zero-order valence-electron chi connectivity index (χ0n) is 8.60. The second kappa shape index (κ2) is 4.96. The van der Waals surface area contributed by atoms with Crippen LogP contribution in [0.25, 0.3) is 0 Å². The van der Waals surface area contributed by atoms with Crippen molar-refractivity contribution in [1.29, 1.82) is 0 Å². The Kier molecular flexibility index (Phi) is 3.65. The fourth-order valence-corrected chi connectivity index (χ4v) is 1.02. The van der Waals surface area contributed by atoms with Gasteiger partial charge in [-0.1, -0.05) is 11.2 Å². The topological polar surface area (TPSA) is 121 Å². The molecule has 1 amide bonds. The van der Waals surface area contributed by atoms with Gasteiger partial charge in [-0.3, -0.25) is 9.59 Å². The predicted octanol–water partition coefficient (Wildman–Crippen LogP) is -0.760. The van der Waals surface area contributed by atoms with E-state index in [0.29, 0.717) is 0 Å². The molecule has 0 saturated carbocycles. The number of aromatic nitrogens is 1. The molecule has 7 heteroatoms. The lowest BCUT2D eigenvalue weighted by atomic mass is 10.2. The first-order chi connectivity index (χ1) is 7.54. The lowest BCUT2D eigenvalue weighted by molar-refractivity contribution is 0.0943. The van der Waals surface area contributed by atoms with Crippen LogP contribution in [0.3, 0.4) is 0 Å². The SMILES string of the molecule is CC(NC(=O)c1cccc(=O)[nH]1)/C(N)=N/O. The monoisotopic (exact) mass is 224 g/mol. The number of aromatic amines is 1. The van der Waals surface area contributed by atoms with E-state index in [0.717, 1.165) is 0 Å². The summed E-state index contributed by atoms with van der Waals surface area (Å²) in [6.07, 6.45) is 0. The largest absolute Gasteiger partial charge is 0.409 e. The summed E-state index contributed by atoms with van der Waals surface area (Å²) in [6, 6.07) is 3.59. The molecule has 0 fully saturated rings. The normalized spacial score (nSPS) is 13.2. The summed E-state index contributed by atoms with van der Waals surface area (Å²) in [5, 5.41) is 13.6. The Balaban J connectivity index is 2.77. The third-order valence-corrected chi connectivity index (χ3v) is 1.92. The molecule has 0 aliphatic heterocycles. The molecule has 1 atom stereocenters. The number of H-pyrrole nitrogens is 1. The quantitative estimate of drug-likeness (QED) is 0.233. The molecule has 0 bridgehead atoms. The first kappa shape index (κ1) is 11.8. The van der Waals surface area contributed by atoms with E-state index in [1.54, 1.807) is 6.92 Å². The molecule has 1 rings (SSSR count). The predicted molar refractivity (Wildman–Crippen MR) is 57.4 cm³/mol. The van der Waals surface area contributed by atoms with Gasteiger partial charge in [0.05, 0.1) is 6.04 Å². The second-order valence-electron chi connectivity index (χ2n) is 3.15. The third kappa shape index (κ3) is 2.84. The van der Waals surface area contributed by atoms with E-state index in [1.165, 1.54) is 18.2 Å². The zero-order valence-corrected chi connectivity index (χ0v) is 8.60. The van der Waals surface area contributed by atoms with Crippen molar-refractivity contribution in [3.05, 3.63) is 34.2 Å². The molecular weight excluding hydrogens is 212 g/mol. The summed E-state index contributed by atoms with van der Waals surface area (Å²) < 4.78 is 0. The molecule has 0 spiro atoms. The van der Waals surface area contributed by atoms with Crippen molar-refractivity contribution in [2.75, 3.05) is 0 Å². The number of hydrogen-bond donors (Lipinski definition) is 4. The maximum atomic E-state index is 11.6. The van der Waals surface area contributed by atoms with Gasteiger partial charge in [0.1, 0.15) is 5.69 Å². The summed E-state index contributed by atoms with van der Waals surface area (Å²) in [7, 11) is 0. The van der Waals surface area contributed by atoms with Crippen molar-refractivity contribution >= 4 is 11.7 Å². The minimum atomic E-state index is -0.624. The highest BCUT2D eigenvalue weighted by molar-refractivity contribution is 5.96. The van der Waals surface area contributed by atoms with Crippen LogP contribution in [-0.4, -0.2) is 28.0 Å². The second-order valence-corrected chi connectivity index (χ2v) is 3.15. The van der Waals surface area contributed by atoms with E-state index in [9.17, 15) is 9.59 Å². The highest BCUT2D eigenvalue weighted by atomic mass is 16.4. The Hall–Kier alpha value is -2.31. The molecule has 16 heavy (non-hydrogen) atoms. The maximum Gasteiger partial charge on any atom is 0.268 e. The van der Waals surface area contributed by atoms with Gasteiger partial charge in [-0.05, 0) is 13.0 Å². The Morgan fingerprint density at radius 3 is 2.88 bits per heavy atom. The summed E-state index contributed by atoms with van der Waals surface area (Å²) in [5.41, 5.74) is 5.03. The van der Waals surface area contributed by atoms with Gasteiger partial charge in [-0.2, -0.15) is 0 Å². The highest BCUT2D eigenvalue weighted by Gasteiger charge is 2.13. The van der Waals surface area contributed by atoms with Gasteiger partial charge in [0.25, 0.3) is 5.91 Å². The minimum absolute atomic E-state index is 0.116. The number of carbonyl (C=O) groups is 1. The van der Waals surface area contributed by atoms with Crippen molar-refractivity contribution in [2.45, 2.75) is 13.0 Å². The fraction of sp³-hybridized carbons (Fsp3) is 0.222. The molecule has 0 aliphatic carbocycles. The van der Waals surface area contributed by atoms with Gasteiger partial charge in [0.15, 0.2) is 5.84 Å². The number of carbonyl (C=O) groups excluding carboxylic acids is 1. The van der Waals surface area contributed by atoms with Crippen LogP contribution in [0.2, 0.25) is 0 Å². The smallest absolute Gasteiger partial charge is 0.268 e. The summed E-state index contributed by atoms with van der Waals surface area (Å²) in [6.45, 7) is 1.55. The van der Waals surface area contributed by atoms with Crippen LogP contribution in [0, 0.1) is 0 Å². The number of nitrogens with zero attached hydrogens (tertiary/aromatic N) is 1. The van der Waals surface area contributed by atoms with Gasteiger partial charge in [0, 0.05) is 6.07 Å². The molecule has 0 saturated heterocycles. The highest BCUT2D eigenvalue weighted by Crippen LogP contribution is 1.92. The van der Waals surface area contributed by atoms with Crippen molar-refractivity contribution in [2.24, 2.45) is 10.9 Å². The van der Waals surface area contributed by atoms with Gasteiger partial charge >= 0.3 is 0 Å². The lowest BCUT2D eigenvalue weighted by Crippen LogP contribution is -2.42. The summed E-state index contributed by atoms with van der Waals surface area (Å²) >= 11 is 0. The number of amidine groups is 1. The number of nitrogens with one attached hydrogen (secondary N) is 2. The van der Waals surface area contributed by atoms with E-state index in [2.05, 4.69) is 15.5 Å². The van der Waals surface area contributed by atoms with E-state index in [1.807, 2.05) is 0 Å². The number of rotatable bonds is 3. The van der Waals surface area contributed by atoms with Gasteiger partial charge in [-0.25, -0.2) is 0 Å². The van der Waals surface area contributed by atoms with Crippen molar-refractivity contribution < 1.29 is 10.0 Å². The van der Waals surface area contributed by atoms with Crippen LogP contribution in [0.1, 0.15) is 17.4 Å². The summed E-state index contributed by atoms with van der Waals surface area (Å²) in [5.74, 6) is -0.622. The Bertz CT molecular complexity index is 466. The fourth-order valence-electron chi connectivity index (χ4n) is 1.02. The van der Waals surface area contributed by atoms with Crippen LogP contribution in [0.5, 0.6) is 0 Å². The van der Waals surface area contributed by atoms with Crippen LogP contribution >= 0.6 is 0 Å². The van der Waals surface area contributed by atoms with E-state index in [4.69, 9.17) is 10.9 Å². The molecule has 0 radical (unpaired) electrons. The van der Waals surface area contributed by atoms with Crippen LogP contribution in [0.4, 0.5) is 0 Å². The zero-order chi connectivity index (χ0) is 12.1. The van der Waals surface area contributed by atoms with Gasteiger partial charge in [-0.15, -0.1) is 0 Å². The molecule has 1 heterocycles. The van der Waals surface area contributed by atoms with Crippen LogP contribution < -0.4 is 16.6 Å². The minimum Gasteiger partial charge on any atom is -0.409 e. The van der Waals surface area contributed by atoms with Crippen molar-refractivity contribution in [3.63, 3.8) is 0 Å². The molecule has 7 nitrogen and oxygen atoms in total. The molecule has 1 unspecified atom stereocenters. The Morgan fingerprint density at radius 1 is 1.62 bits per heavy atom. The van der Waals surface area contributed by atoms with E-state index in [-0.39, 0.29) is 17.1 Å². The lowest BCUT2D eigenvalue weighted by Gasteiger charge is -2.11. The van der Waals surface area contributed by atoms with Gasteiger partial charge in [0.2, 0.25) is 5.56 Å². The number of pyridine rings is 1. The molecule has 86 valence electrons. The first-order valence-electron chi connectivity index (χ1n) is 4.52. The average molecular weight is 224 g/mol. The summed E-state index contributed by atoms with van der Waals surface area (Å²) in [4.78, 5) is 24.9. The van der Waals surface area contributed by atoms with E-state index >= 15 is 0 Å². The van der Waals surface area contributed by atoms with Crippen LogP contribution in [-0.2, 0) is 0 Å². The molecule has 0 aliphatic rings. The van der Waals surface area contributed by atoms with Crippen molar-refractivity contribution in [1.82, 2.24) is 10.3 Å². The number of oxime groups is 1. The number of nitrogens with two attached hydrogens (primary N) is 1. The van der Waals surface area contributed by atoms with Crippen LogP contribution in [0.15, 0.2) is 28.1 Å². The molecule has 1 aromatic heterocycles. The molecule has 0 aromatic carbocycles. The maximum absolute atomic E-state index is 11.6. The van der Waals surface area contributed by atoms with Crippen molar-refractivity contribution in [3.8, 4) is 0 Å². The standard InChI is InChI=1S/C9H12N4O3/c1-5(8(10)13-16)11-9(15)6-3-2-4-7(14)12-6/h2-5,16H,1H3,(H2,10,13)(H,11,15)(H,12,14). The first-order valence-corrected chi connectivity index (χ1v) is 4.52. The molecule has 1 aromatic rings. The van der Waals surface area contributed by atoms with E-state index < -0.39 is 11.9 Å². The molecule has 5 N–H and O–H groups in total. The number of amides is 1. The molecular formula is C9H12N4O3.